The highest BCUT2D eigenvalue weighted by molar-refractivity contribution is 5.79. The maximum Gasteiger partial charge on any atom is 0.262 e. The minimum atomic E-state index is -0.498. The molecule has 1 amide bonds. The summed E-state index contributed by atoms with van der Waals surface area (Å²) in [4.78, 5) is 15.4. The number of hydroxylamine groups is 1. The number of carbonyl (C=O) groups is 1. The van der Waals surface area contributed by atoms with Crippen molar-refractivity contribution < 1.29 is 10.0 Å². The number of nitrogens with zero attached hydrogens (tertiary/aromatic N) is 2. The molecule has 0 aliphatic carbocycles. The largest absolute Gasteiger partial charge is 0.359 e. The average Bonchev–Trinajstić information content (AvgIpc) is 2.73. The fraction of sp³-hybridized carbons (Fsp3) is 0.333. The van der Waals surface area contributed by atoms with Gasteiger partial charge in [0.2, 0.25) is 0 Å². The first-order valence-electron chi connectivity index (χ1n) is 5.81. The summed E-state index contributed by atoms with van der Waals surface area (Å²) in [5, 5.41) is 11.3. The van der Waals surface area contributed by atoms with E-state index < -0.39 is 5.91 Å². The summed E-state index contributed by atoms with van der Waals surface area (Å²) in [6, 6.07) is 5.93. The number of hydrogen-bond acceptors (Lipinski definition) is 4. The molecule has 0 spiro atoms. The summed E-state index contributed by atoms with van der Waals surface area (Å²) in [6.07, 6.45) is 0.908. The van der Waals surface area contributed by atoms with E-state index in [0.717, 1.165) is 23.5 Å². The lowest BCUT2D eigenvalue weighted by molar-refractivity contribution is -0.127. The molecule has 0 aliphatic rings. The molecule has 2 aromatic rings. The number of hydrogen-bond donors (Lipinski definition) is 3. The zero-order chi connectivity index (χ0) is 13.1. The first-order chi connectivity index (χ1) is 8.67. The number of aromatic nitrogens is 2. The van der Waals surface area contributed by atoms with Crippen molar-refractivity contribution in [2.24, 2.45) is 0 Å². The topological polar surface area (TPSA) is 78.7 Å². The van der Waals surface area contributed by atoms with Crippen LogP contribution in [-0.4, -0.2) is 27.0 Å². The van der Waals surface area contributed by atoms with Crippen LogP contribution in [0.25, 0.3) is 5.65 Å². The van der Waals surface area contributed by atoms with E-state index >= 15 is 0 Å². The summed E-state index contributed by atoms with van der Waals surface area (Å²) in [5.74, 6) is 0.154. The summed E-state index contributed by atoms with van der Waals surface area (Å²) in [6.45, 7) is 4.02. The molecule has 6 heteroatoms. The van der Waals surface area contributed by atoms with Crippen molar-refractivity contribution in [3.8, 4) is 0 Å². The van der Waals surface area contributed by atoms with Gasteiger partial charge in [-0.3, -0.25) is 14.4 Å². The molecule has 18 heavy (non-hydrogen) atoms. The predicted molar refractivity (Wildman–Crippen MR) is 67.7 cm³/mol. The van der Waals surface area contributed by atoms with Crippen molar-refractivity contribution in [3.63, 3.8) is 0 Å². The number of aryl methyl sites for hydroxylation is 2. The average molecular weight is 248 g/mol. The Morgan fingerprint density at radius 1 is 1.50 bits per heavy atom. The third kappa shape index (κ3) is 2.14. The highest BCUT2D eigenvalue weighted by atomic mass is 16.5. The maximum atomic E-state index is 11.0. The number of amides is 1. The smallest absolute Gasteiger partial charge is 0.262 e. The Balaban J connectivity index is 2.35. The molecule has 0 radical (unpaired) electrons. The number of anilines is 1. The van der Waals surface area contributed by atoms with Gasteiger partial charge in [-0.25, -0.2) is 10.5 Å². The monoisotopic (exact) mass is 248 g/mol. The standard InChI is InChI=1S/C12H16N4O2/c1-3-9-5-4-6-10-14-12(8(2)16(9)10)13-7-11(17)15-18/h4-6,13,18H,3,7H2,1-2H3,(H,15,17). The molecule has 0 saturated carbocycles. The van der Waals surface area contributed by atoms with Crippen LogP contribution in [0.1, 0.15) is 18.3 Å². The second-order valence-electron chi connectivity index (χ2n) is 4.00. The molecule has 6 nitrogen and oxygen atoms in total. The van der Waals surface area contributed by atoms with Crippen molar-refractivity contribution >= 4 is 17.4 Å². The van der Waals surface area contributed by atoms with Gasteiger partial charge in [-0.2, -0.15) is 0 Å². The zero-order valence-corrected chi connectivity index (χ0v) is 10.4. The third-order valence-electron chi connectivity index (χ3n) is 2.86. The maximum absolute atomic E-state index is 11.0. The fourth-order valence-corrected chi connectivity index (χ4v) is 1.96. The Bertz CT molecular complexity index is 577. The number of pyridine rings is 1. The third-order valence-corrected chi connectivity index (χ3v) is 2.86. The Labute approximate surface area is 105 Å². The van der Waals surface area contributed by atoms with Gasteiger partial charge in [0.1, 0.15) is 11.5 Å². The number of fused-ring (bicyclic) bond motifs is 1. The molecule has 2 heterocycles. The van der Waals surface area contributed by atoms with E-state index in [4.69, 9.17) is 5.21 Å². The molecule has 0 unspecified atom stereocenters. The van der Waals surface area contributed by atoms with Crippen LogP contribution in [0.4, 0.5) is 5.82 Å². The fourth-order valence-electron chi connectivity index (χ4n) is 1.96. The van der Waals surface area contributed by atoms with Crippen LogP contribution >= 0.6 is 0 Å². The Kier molecular flexibility index (Phi) is 3.47. The van der Waals surface area contributed by atoms with Gasteiger partial charge in [-0.05, 0) is 25.5 Å². The van der Waals surface area contributed by atoms with Crippen LogP contribution in [0.2, 0.25) is 0 Å². The molecule has 0 bridgehead atoms. The van der Waals surface area contributed by atoms with Crippen LogP contribution < -0.4 is 10.8 Å². The van der Waals surface area contributed by atoms with Crippen LogP contribution in [0, 0.1) is 6.92 Å². The Morgan fingerprint density at radius 3 is 2.94 bits per heavy atom. The highest BCUT2D eigenvalue weighted by Crippen LogP contribution is 2.18. The van der Waals surface area contributed by atoms with Gasteiger partial charge in [-0.15, -0.1) is 0 Å². The molecule has 96 valence electrons. The predicted octanol–water partition coefficient (Wildman–Crippen LogP) is 1.12. The zero-order valence-electron chi connectivity index (χ0n) is 10.4. The molecule has 0 saturated heterocycles. The molecule has 0 fully saturated rings. The van der Waals surface area contributed by atoms with E-state index in [1.54, 1.807) is 5.48 Å². The van der Waals surface area contributed by atoms with Crippen LogP contribution in [0.3, 0.4) is 0 Å². The van der Waals surface area contributed by atoms with Gasteiger partial charge in [-0.1, -0.05) is 13.0 Å². The van der Waals surface area contributed by atoms with Gasteiger partial charge < -0.3 is 5.32 Å². The van der Waals surface area contributed by atoms with Gasteiger partial charge in [0.15, 0.2) is 0 Å². The summed E-state index contributed by atoms with van der Waals surface area (Å²) in [5.41, 5.74) is 4.54. The Morgan fingerprint density at radius 2 is 2.28 bits per heavy atom. The molecule has 0 aliphatic heterocycles. The van der Waals surface area contributed by atoms with E-state index in [1.807, 2.05) is 25.1 Å². The lowest BCUT2D eigenvalue weighted by Crippen LogP contribution is -2.27. The number of carbonyl (C=O) groups excluding carboxylic acids is 1. The molecule has 0 atom stereocenters. The molecular formula is C12H16N4O2. The van der Waals surface area contributed by atoms with Crippen LogP contribution in [0.15, 0.2) is 18.2 Å². The lowest BCUT2D eigenvalue weighted by atomic mass is 10.3. The molecule has 3 N–H and O–H groups in total. The minimum Gasteiger partial charge on any atom is -0.359 e. The van der Waals surface area contributed by atoms with Crippen molar-refractivity contribution in [1.82, 2.24) is 14.9 Å². The first kappa shape index (κ1) is 12.4. The first-order valence-corrected chi connectivity index (χ1v) is 5.81. The van der Waals surface area contributed by atoms with E-state index in [0.29, 0.717) is 5.82 Å². The van der Waals surface area contributed by atoms with E-state index in [9.17, 15) is 4.79 Å². The van der Waals surface area contributed by atoms with Crippen molar-refractivity contribution in [3.05, 3.63) is 29.6 Å². The normalized spacial score (nSPS) is 10.6. The van der Waals surface area contributed by atoms with Gasteiger partial charge in [0.05, 0.1) is 12.2 Å². The molecule has 0 aromatic carbocycles. The van der Waals surface area contributed by atoms with Crippen molar-refractivity contribution in [2.45, 2.75) is 20.3 Å². The lowest BCUT2D eigenvalue weighted by Gasteiger charge is -2.05. The van der Waals surface area contributed by atoms with E-state index in [1.165, 1.54) is 0 Å². The van der Waals surface area contributed by atoms with E-state index in [2.05, 4.69) is 21.6 Å². The number of nitrogens with one attached hydrogen (secondary N) is 2. The second kappa shape index (κ2) is 5.05. The SMILES string of the molecule is CCc1cccc2nc(NCC(=O)NO)c(C)n12. The quantitative estimate of drug-likeness (QED) is 0.559. The van der Waals surface area contributed by atoms with Gasteiger partial charge in [0.25, 0.3) is 5.91 Å². The second-order valence-corrected chi connectivity index (χ2v) is 4.00. The highest BCUT2D eigenvalue weighted by Gasteiger charge is 2.10. The van der Waals surface area contributed by atoms with Crippen LogP contribution in [-0.2, 0) is 11.2 Å². The molecule has 2 aromatic heterocycles. The van der Waals surface area contributed by atoms with Crippen molar-refractivity contribution in [2.75, 3.05) is 11.9 Å². The Hall–Kier alpha value is -2.08. The van der Waals surface area contributed by atoms with Crippen LogP contribution in [0.5, 0.6) is 0 Å². The summed E-state index contributed by atoms with van der Waals surface area (Å²) >= 11 is 0. The number of rotatable bonds is 4. The molecular weight excluding hydrogens is 232 g/mol. The van der Waals surface area contributed by atoms with Gasteiger partial charge in [0, 0.05) is 5.69 Å². The van der Waals surface area contributed by atoms with Crippen molar-refractivity contribution in [1.29, 1.82) is 0 Å². The number of imidazole rings is 1. The van der Waals surface area contributed by atoms with E-state index in [-0.39, 0.29) is 6.54 Å². The summed E-state index contributed by atoms with van der Waals surface area (Å²) < 4.78 is 2.05. The van der Waals surface area contributed by atoms with Gasteiger partial charge >= 0.3 is 0 Å². The summed E-state index contributed by atoms with van der Waals surface area (Å²) in [7, 11) is 0. The minimum absolute atomic E-state index is 0.0112. The molecule has 2 rings (SSSR count).